The van der Waals surface area contributed by atoms with E-state index >= 15 is 0 Å². The van der Waals surface area contributed by atoms with E-state index in [1.54, 1.807) is 6.07 Å². The molecule has 96 valence electrons. The van der Waals surface area contributed by atoms with Gasteiger partial charge in [-0.1, -0.05) is 12.1 Å². The second-order valence-corrected chi connectivity index (χ2v) is 4.36. The minimum atomic E-state index is -0.217. The lowest BCUT2D eigenvalue weighted by molar-refractivity contribution is 0.628. The Morgan fingerprint density at radius 1 is 1.33 bits per heavy atom. The molecule has 3 nitrogen and oxygen atoms in total. The first-order valence-corrected chi connectivity index (χ1v) is 6.14. The lowest BCUT2D eigenvalue weighted by atomic mass is 10.1. The van der Waals surface area contributed by atoms with E-state index in [2.05, 4.69) is 10.4 Å². The first kappa shape index (κ1) is 12.8. The van der Waals surface area contributed by atoms with Crippen LogP contribution in [0.2, 0.25) is 0 Å². The first-order chi connectivity index (χ1) is 8.70. The summed E-state index contributed by atoms with van der Waals surface area (Å²) < 4.78 is 15.0. The van der Waals surface area contributed by atoms with Crippen LogP contribution in [0.3, 0.4) is 0 Å². The van der Waals surface area contributed by atoms with Gasteiger partial charge in [-0.2, -0.15) is 5.10 Å². The third-order valence-corrected chi connectivity index (χ3v) is 2.91. The van der Waals surface area contributed by atoms with Gasteiger partial charge in [0.2, 0.25) is 0 Å². The Hall–Kier alpha value is -1.68. The Kier molecular flexibility index (Phi) is 4.10. The van der Waals surface area contributed by atoms with Crippen LogP contribution < -0.4 is 5.32 Å². The van der Waals surface area contributed by atoms with Gasteiger partial charge in [0.1, 0.15) is 5.82 Å². The van der Waals surface area contributed by atoms with Gasteiger partial charge in [0, 0.05) is 12.6 Å². The molecule has 4 heteroatoms. The molecule has 0 aliphatic heterocycles. The van der Waals surface area contributed by atoms with Crippen molar-refractivity contribution in [3.8, 4) is 11.3 Å². The minimum absolute atomic E-state index is 0.217. The first-order valence-electron chi connectivity index (χ1n) is 6.14. The van der Waals surface area contributed by atoms with Crippen molar-refractivity contribution in [2.24, 2.45) is 7.05 Å². The van der Waals surface area contributed by atoms with Crippen LogP contribution in [0.15, 0.2) is 30.3 Å². The van der Waals surface area contributed by atoms with Gasteiger partial charge < -0.3 is 5.32 Å². The molecule has 0 spiro atoms. The molecule has 18 heavy (non-hydrogen) atoms. The standard InChI is InChI=1S/C14H18FN3/c1-16-8-4-7-13-10-14(18(2)17-13)11-5-3-6-12(15)9-11/h3,5-6,9-10,16H,4,7-8H2,1-2H3. The van der Waals surface area contributed by atoms with Crippen LogP contribution in [0.5, 0.6) is 0 Å². The Morgan fingerprint density at radius 3 is 2.89 bits per heavy atom. The fourth-order valence-corrected chi connectivity index (χ4v) is 2.01. The van der Waals surface area contributed by atoms with E-state index in [0.29, 0.717) is 0 Å². The highest BCUT2D eigenvalue weighted by Gasteiger charge is 2.07. The van der Waals surface area contributed by atoms with Gasteiger partial charge in [0.25, 0.3) is 0 Å². The number of nitrogens with one attached hydrogen (secondary N) is 1. The van der Waals surface area contributed by atoms with E-state index in [-0.39, 0.29) is 5.82 Å². The number of nitrogens with zero attached hydrogens (tertiary/aromatic N) is 2. The molecule has 0 saturated heterocycles. The van der Waals surface area contributed by atoms with Crippen LogP contribution in [-0.2, 0) is 13.5 Å². The third kappa shape index (κ3) is 2.96. The molecule has 0 saturated carbocycles. The number of aromatic nitrogens is 2. The summed E-state index contributed by atoms with van der Waals surface area (Å²) in [6.45, 7) is 0.978. The Balaban J connectivity index is 2.18. The lowest BCUT2D eigenvalue weighted by Crippen LogP contribution is -2.08. The van der Waals surface area contributed by atoms with Gasteiger partial charge in [-0.15, -0.1) is 0 Å². The molecule has 0 aliphatic carbocycles. The van der Waals surface area contributed by atoms with E-state index in [0.717, 1.165) is 36.3 Å². The summed E-state index contributed by atoms with van der Waals surface area (Å²) in [5.41, 5.74) is 2.87. The number of benzene rings is 1. The summed E-state index contributed by atoms with van der Waals surface area (Å²) in [5, 5.41) is 7.57. The maximum atomic E-state index is 13.2. The van der Waals surface area contributed by atoms with Crippen LogP contribution >= 0.6 is 0 Å². The second-order valence-electron chi connectivity index (χ2n) is 4.36. The predicted molar refractivity (Wildman–Crippen MR) is 70.8 cm³/mol. The van der Waals surface area contributed by atoms with Crippen molar-refractivity contribution in [3.63, 3.8) is 0 Å². The van der Waals surface area contributed by atoms with Crippen molar-refractivity contribution in [3.05, 3.63) is 41.8 Å². The summed E-state index contributed by atoms with van der Waals surface area (Å²) in [4.78, 5) is 0. The van der Waals surface area contributed by atoms with Gasteiger partial charge in [-0.3, -0.25) is 4.68 Å². The van der Waals surface area contributed by atoms with Crippen molar-refractivity contribution < 1.29 is 4.39 Å². The average molecular weight is 247 g/mol. The molecule has 0 aliphatic rings. The van der Waals surface area contributed by atoms with Crippen molar-refractivity contribution in [2.45, 2.75) is 12.8 Å². The molecule has 1 heterocycles. The molecular weight excluding hydrogens is 229 g/mol. The maximum Gasteiger partial charge on any atom is 0.123 e. The third-order valence-electron chi connectivity index (χ3n) is 2.91. The zero-order valence-corrected chi connectivity index (χ0v) is 10.8. The van der Waals surface area contributed by atoms with Gasteiger partial charge in [0.05, 0.1) is 11.4 Å². The van der Waals surface area contributed by atoms with Crippen molar-refractivity contribution in [1.29, 1.82) is 0 Å². The van der Waals surface area contributed by atoms with Gasteiger partial charge in [0.15, 0.2) is 0 Å². The number of rotatable bonds is 5. The summed E-state index contributed by atoms with van der Waals surface area (Å²) in [7, 11) is 3.83. The van der Waals surface area contributed by atoms with E-state index in [4.69, 9.17) is 0 Å². The molecule has 0 radical (unpaired) electrons. The molecule has 2 rings (SSSR count). The van der Waals surface area contributed by atoms with E-state index in [1.807, 2.05) is 30.9 Å². The van der Waals surface area contributed by atoms with Crippen LogP contribution in [0.1, 0.15) is 12.1 Å². The molecule has 0 fully saturated rings. The fraction of sp³-hybridized carbons (Fsp3) is 0.357. The Labute approximate surface area is 107 Å². The maximum absolute atomic E-state index is 13.2. The largest absolute Gasteiger partial charge is 0.320 e. The summed E-state index contributed by atoms with van der Waals surface area (Å²) in [6.07, 6.45) is 1.99. The van der Waals surface area contributed by atoms with E-state index < -0.39 is 0 Å². The molecule has 0 bridgehead atoms. The number of halogens is 1. The Bertz CT molecular complexity index is 520. The lowest BCUT2D eigenvalue weighted by Gasteiger charge is -2.00. The zero-order chi connectivity index (χ0) is 13.0. The molecule has 1 N–H and O–H groups in total. The Morgan fingerprint density at radius 2 is 2.17 bits per heavy atom. The summed E-state index contributed by atoms with van der Waals surface area (Å²) in [5.74, 6) is -0.217. The van der Waals surface area contributed by atoms with E-state index in [1.165, 1.54) is 12.1 Å². The number of hydrogen-bond acceptors (Lipinski definition) is 2. The molecule has 2 aromatic rings. The normalized spacial score (nSPS) is 10.8. The van der Waals surface area contributed by atoms with E-state index in [9.17, 15) is 4.39 Å². The van der Waals surface area contributed by atoms with Crippen molar-refractivity contribution >= 4 is 0 Å². The van der Waals surface area contributed by atoms with Crippen LogP contribution in [0.4, 0.5) is 4.39 Å². The SMILES string of the molecule is CNCCCc1cc(-c2cccc(F)c2)n(C)n1. The molecular formula is C14H18FN3. The van der Waals surface area contributed by atoms with Gasteiger partial charge in [-0.05, 0) is 44.6 Å². The fourth-order valence-electron chi connectivity index (χ4n) is 2.01. The highest BCUT2D eigenvalue weighted by molar-refractivity contribution is 5.59. The smallest absolute Gasteiger partial charge is 0.123 e. The second kappa shape index (κ2) is 5.78. The highest BCUT2D eigenvalue weighted by Crippen LogP contribution is 2.21. The summed E-state index contributed by atoms with van der Waals surface area (Å²) >= 11 is 0. The zero-order valence-electron chi connectivity index (χ0n) is 10.8. The molecule has 0 unspecified atom stereocenters. The minimum Gasteiger partial charge on any atom is -0.320 e. The van der Waals surface area contributed by atoms with Crippen molar-refractivity contribution in [2.75, 3.05) is 13.6 Å². The molecule has 1 aromatic carbocycles. The monoisotopic (exact) mass is 247 g/mol. The highest BCUT2D eigenvalue weighted by atomic mass is 19.1. The molecule has 0 amide bonds. The van der Waals surface area contributed by atoms with Crippen LogP contribution in [0, 0.1) is 5.82 Å². The topological polar surface area (TPSA) is 29.9 Å². The van der Waals surface area contributed by atoms with Gasteiger partial charge >= 0.3 is 0 Å². The van der Waals surface area contributed by atoms with Crippen LogP contribution in [0.25, 0.3) is 11.3 Å². The molecule has 1 aromatic heterocycles. The van der Waals surface area contributed by atoms with Crippen molar-refractivity contribution in [1.82, 2.24) is 15.1 Å². The van der Waals surface area contributed by atoms with Gasteiger partial charge in [-0.25, -0.2) is 4.39 Å². The summed E-state index contributed by atoms with van der Waals surface area (Å²) in [6, 6.07) is 8.64. The van der Waals surface area contributed by atoms with Crippen LogP contribution in [-0.4, -0.2) is 23.4 Å². The number of hydrogen-bond donors (Lipinski definition) is 1. The average Bonchev–Trinajstić information content (AvgIpc) is 2.71. The quantitative estimate of drug-likeness (QED) is 0.822. The number of aryl methyl sites for hydroxylation is 2. The molecule has 0 atom stereocenters. The predicted octanol–water partition coefficient (Wildman–Crippen LogP) is 2.38.